The van der Waals surface area contributed by atoms with Gasteiger partial charge in [0.25, 0.3) is 5.91 Å². The number of carbonyl (C=O) groups excluding carboxylic acids is 1. The summed E-state index contributed by atoms with van der Waals surface area (Å²) in [6.45, 7) is 2.85. The molecule has 7 rings (SSSR count). The largest absolute Gasteiger partial charge is 0.457 e. The molecule has 2 fully saturated rings. The Bertz CT molecular complexity index is 2100. The Morgan fingerprint density at radius 2 is 1.65 bits per heavy atom. The van der Waals surface area contributed by atoms with Gasteiger partial charge >= 0.3 is 5.69 Å². The molecule has 0 bridgehead atoms. The zero-order chi connectivity index (χ0) is 34.0. The van der Waals surface area contributed by atoms with Crippen molar-refractivity contribution in [2.45, 2.75) is 30.3 Å². The van der Waals surface area contributed by atoms with Crippen molar-refractivity contribution < 1.29 is 17.9 Å². The number of hydrogen-bond acceptors (Lipinski definition) is 7. The Labute approximate surface area is 285 Å². The fourth-order valence-corrected chi connectivity index (χ4v) is 8.20. The highest BCUT2D eigenvalue weighted by Crippen LogP contribution is 2.33. The minimum atomic E-state index is -3.86. The monoisotopic (exact) mass is 681 g/mol. The number of carbonyl (C=O) groups is 1. The molecule has 5 aromatic rings. The number of ether oxygens (including phenoxy) is 1. The smallest absolute Gasteiger partial charge is 0.329 e. The number of para-hydroxylation sites is 1. The van der Waals surface area contributed by atoms with Gasteiger partial charge in [0, 0.05) is 58.1 Å². The number of benzene rings is 3. The van der Waals surface area contributed by atoms with Crippen molar-refractivity contribution in [1.82, 2.24) is 33.4 Å². The van der Waals surface area contributed by atoms with Gasteiger partial charge in [-0.2, -0.15) is 9.40 Å². The van der Waals surface area contributed by atoms with Crippen molar-refractivity contribution >= 4 is 15.9 Å². The predicted octanol–water partition coefficient (Wildman–Crippen LogP) is 3.96. The highest BCUT2D eigenvalue weighted by Gasteiger charge is 2.37. The van der Waals surface area contributed by atoms with E-state index in [0.717, 1.165) is 5.56 Å². The quantitative estimate of drug-likeness (QED) is 0.250. The number of imidazole rings is 1. The zero-order valence-electron chi connectivity index (χ0n) is 27.3. The van der Waals surface area contributed by atoms with E-state index in [2.05, 4.69) is 10.4 Å². The first-order valence-electron chi connectivity index (χ1n) is 16.5. The van der Waals surface area contributed by atoms with Gasteiger partial charge in [-0.05, 0) is 42.7 Å². The summed E-state index contributed by atoms with van der Waals surface area (Å²) in [6.07, 6.45) is 3.95. The lowest BCUT2D eigenvalue weighted by Gasteiger charge is -2.33. The van der Waals surface area contributed by atoms with E-state index >= 15 is 0 Å². The molecule has 1 amide bonds. The van der Waals surface area contributed by atoms with Crippen LogP contribution in [0.1, 0.15) is 34.9 Å². The molecule has 1 unspecified atom stereocenters. The van der Waals surface area contributed by atoms with Gasteiger partial charge in [-0.3, -0.25) is 18.6 Å². The second-order valence-corrected chi connectivity index (χ2v) is 14.4. The molecule has 2 aromatic heterocycles. The average Bonchev–Trinajstić information content (AvgIpc) is 3.70. The van der Waals surface area contributed by atoms with Crippen molar-refractivity contribution in [3.8, 4) is 22.8 Å². The van der Waals surface area contributed by atoms with Gasteiger partial charge in [0.05, 0.1) is 24.5 Å². The summed E-state index contributed by atoms with van der Waals surface area (Å²) in [5.41, 5.74) is 1.92. The number of nitrogens with zero attached hydrogens (tertiary/aromatic N) is 6. The maximum absolute atomic E-state index is 14.8. The minimum absolute atomic E-state index is 0.0860. The van der Waals surface area contributed by atoms with Crippen molar-refractivity contribution in [1.29, 1.82) is 0 Å². The first kappa shape index (κ1) is 32.6. The predicted molar refractivity (Wildman–Crippen MR) is 185 cm³/mol. The van der Waals surface area contributed by atoms with Crippen LogP contribution in [0.3, 0.4) is 0 Å². The van der Waals surface area contributed by atoms with Gasteiger partial charge < -0.3 is 15.0 Å². The lowest BCUT2D eigenvalue weighted by Crippen LogP contribution is -2.47. The lowest BCUT2D eigenvalue weighted by molar-refractivity contribution is 0.0725. The molecule has 4 heterocycles. The summed E-state index contributed by atoms with van der Waals surface area (Å²) in [5, 5.41) is 7.37. The second-order valence-electron chi connectivity index (χ2n) is 12.4. The van der Waals surface area contributed by atoms with Gasteiger partial charge in [-0.1, -0.05) is 60.7 Å². The maximum atomic E-state index is 14.8. The SMILES string of the molecule is Cn1cc(S(=O)(=O)N2CCCC(n3c(-c4ccccc4)c(C(=O)N4CCNCC4)n(Cc4cccc(Oc5ccccc5)c4)c3=O)C2)cn1. The number of amides is 1. The van der Waals surface area contributed by atoms with E-state index in [1.54, 1.807) is 21.1 Å². The molecule has 0 saturated carbocycles. The molecule has 13 heteroatoms. The van der Waals surface area contributed by atoms with Crippen LogP contribution in [0.25, 0.3) is 11.3 Å². The Balaban J connectivity index is 1.34. The van der Waals surface area contributed by atoms with E-state index < -0.39 is 16.1 Å². The summed E-state index contributed by atoms with van der Waals surface area (Å²) in [5.74, 6) is 1.06. The topological polar surface area (TPSA) is 124 Å². The van der Waals surface area contributed by atoms with E-state index in [-0.39, 0.29) is 29.6 Å². The molecule has 49 heavy (non-hydrogen) atoms. The number of aromatic nitrogens is 4. The Kier molecular flexibility index (Phi) is 9.21. The highest BCUT2D eigenvalue weighted by atomic mass is 32.2. The molecule has 2 saturated heterocycles. The van der Waals surface area contributed by atoms with E-state index in [1.165, 1.54) is 21.4 Å². The summed E-state index contributed by atoms with van der Waals surface area (Å²) in [4.78, 5) is 31.3. The van der Waals surface area contributed by atoms with Gasteiger partial charge in [-0.15, -0.1) is 0 Å². The normalized spacial score (nSPS) is 17.2. The molecule has 254 valence electrons. The number of aryl methyl sites for hydroxylation is 1. The van der Waals surface area contributed by atoms with Crippen LogP contribution in [0.5, 0.6) is 11.5 Å². The summed E-state index contributed by atoms with van der Waals surface area (Å²) in [6, 6.07) is 25.9. The van der Waals surface area contributed by atoms with Crippen LogP contribution in [0.15, 0.2) is 107 Å². The number of piperazine rings is 1. The molecule has 1 atom stereocenters. The zero-order valence-corrected chi connectivity index (χ0v) is 28.1. The van der Waals surface area contributed by atoms with Gasteiger partial charge in [0.1, 0.15) is 22.1 Å². The summed E-state index contributed by atoms with van der Waals surface area (Å²) >= 11 is 0. The fourth-order valence-electron chi connectivity index (χ4n) is 6.70. The molecule has 2 aliphatic heterocycles. The molecule has 1 N–H and O–H groups in total. The Morgan fingerprint density at radius 1 is 0.939 bits per heavy atom. The molecule has 2 aliphatic rings. The third kappa shape index (κ3) is 6.69. The molecular formula is C36H39N7O5S. The number of rotatable bonds is 9. The van der Waals surface area contributed by atoms with Crippen LogP contribution >= 0.6 is 0 Å². The van der Waals surface area contributed by atoms with Crippen molar-refractivity contribution in [2.75, 3.05) is 39.3 Å². The molecule has 0 spiro atoms. The van der Waals surface area contributed by atoms with Crippen LogP contribution in [-0.2, 0) is 23.6 Å². The number of nitrogens with one attached hydrogen (secondary N) is 1. The summed E-state index contributed by atoms with van der Waals surface area (Å²) < 4.78 is 39.6. The van der Waals surface area contributed by atoms with Gasteiger partial charge in [0.2, 0.25) is 10.0 Å². The van der Waals surface area contributed by atoms with E-state index in [9.17, 15) is 18.0 Å². The van der Waals surface area contributed by atoms with E-state index in [4.69, 9.17) is 4.74 Å². The van der Waals surface area contributed by atoms with Crippen LogP contribution in [0, 0.1) is 0 Å². The molecule has 0 aliphatic carbocycles. The van der Waals surface area contributed by atoms with Crippen LogP contribution < -0.4 is 15.7 Å². The third-order valence-corrected chi connectivity index (χ3v) is 10.9. The molecule has 3 aromatic carbocycles. The van der Waals surface area contributed by atoms with E-state index in [1.807, 2.05) is 84.9 Å². The number of hydrogen-bond donors (Lipinski definition) is 1. The van der Waals surface area contributed by atoms with Crippen LogP contribution in [-0.4, -0.2) is 81.7 Å². The first-order valence-corrected chi connectivity index (χ1v) is 17.9. The highest BCUT2D eigenvalue weighted by molar-refractivity contribution is 7.89. The van der Waals surface area contributed by atoms with Gasteiger partial charge in [0.15, 0.2) is 0 Å². The van der Waals surface area contributed by atoms with Crippen molar-refractivity contribution in [2.24, 2.45) is 7.05 Å². The second kappa shape index (κ2) is 13.9. The maximum Gasteiger partial charge on any atom is 0.329 e. The lowest BCUT2D eigenvalue weighted by atomic mass is 10.0. The van der Waals surface area contributed by atoms with Crippen molar-refractivity contribution in [3.05, 3.63) is 119 Å². The number of piperidine rings is 1. The first-order chi connectivity index (χ1) is 23.8. The fraction of sp³-hybridized carbons (Fsp3) is 0.306. The molecular weight excluding hydrogens is 643 g/mol. The van der Waals surface area contributed by atoms with Gasteiger partial charge in [-0.25, -0.2) is 13.2 Å². The Morgan fingerprint density at radius 3 is 2.37 bits per heavy atom. The van der Waals surface area contributed by atoms with E-state index in [0.29, 0.717) is 74.0 Å². The van der Waals surface area contributed by atoms with Crippen LogP contribution in [0.4, 0.5) is 0 Å². The Hall–Kier alpha value is -4.98. The minimum Gasteiger partial charge on any atom is -0.457 e. The molecule has 12 nitrogen and oxygen atoms in total. The van der Waals surface area contributed by atoms with Crippen molar-refractivity contribution in [3.63, 3.8) is 0 Å². The van der Waals surface area contributed by atoms with Crippen LogP contribution in [0.2, 0.25) is 0 Å². The molecule has 0 radical (unpaired) electrons. The standard InChI is InChI=1S/C36H39N7O5S/c1-39-26-32(23-38-39)49(46,47)41-19-9-13-29(25-41)43-33(28-11-4-2-5-12-28)34(35(44)40-20-17-37-18-21-40)42(36(43)45)24-27-10-8-16-31(22-27)48-30-14-6-3-7-15-30/h2-8,10-12,14-16,22-23,26,29,37H,9,13,17-21,24-25H2,1H3. The summed E-state index contributed by atoms with van der Waals surface area (Å²) in [7, 11) is -2.18. The average molecular weight is 682 g/mol. The number of sulfonamides is 1. The third-order valence-electron chi connectivity index (χ3n) is 9.09.